The number of allylic oxidation sites excluding steroid dienone is 1. The highest BCUT2D eigenvalue weighted by Crippen LogP contribution is 2.50. The Morgan fingerprint density at radius 3 is 2.32 bits per heavy atom. The molecule has 34 heavy (non-hydrogen) atoms. The number of hydrogen-bond donors (Lipinski definition) is 1. The van der Waals surface area contributed by atoms with Crippen molar-refractivity contribution in [3.63, 3.8) is 0 Å². The minimum absolute atomic E-state index is 0.0359. The van der Waals surface area contributed by atoms with Crippen molar-refractivity contribution in [3.8, 4) is 5.75 Å². The number of phenols is 1. The lowest BCUT2D eigenvalue weighted by atomic mass is 9.68. The van der Waals surface area contributed by atoms with Crippen molar-refractivity contribution in [3.05, 3.63) is 81.4 Å². The Morgan fingerprint density at radius 2 is 1.71 bits per heavy atom. The number of nitrogens with zero attached hydrogens (tertiary/aromatic N) is 4. The van der Waals surface area contributed by atoms with Gasteiger partial charge in [0, 0.05) is 43.2 Å². The van der Waals surface area contributed by atoms with E-state index in [4.69, 9.17) is 0 Å². The van der Waals surface area contributed by atoms with Gasteiger partial charge in [0.1, 0.15) is 5.75 Å². The normalized spacial score (nSPS) is 25.6. The summed E-state index contributed by atoms with van der Waals surface area (Å²) in [7, 11) is 1.41. The molecule has 2 heterocycles. The van der Waals surface area contributed by atoms with E-state index in [1.807, 2.05) is 0 Å². The largest absolute Gasteiger partial charge is 0.507 e. The number of carbonyl (C=O) groups excluding carboxylic acids is 3. The number of para-hydroxylation sites is 1. The number of hydrogen-bond acceptors (Lipinski definition) is 7. The molecule has 2 aromatic rings. The maximum Gasteiger partial charge on any atom is 0.269 e. The third-order valence-corrected chi connectivity index (χ3v) is 6.74. The Labute approximate surface area is 193 Å². The molecular weight excluding hydrogens is 440 g/mol. The second kappa shape index (κ2) is 7.62. The molecule has 1 fully saturated rings. The number of carbonyl (C=O) groups is 3. The number of phenolic OH excluding ortho intramolecular Hbond substituents is 1. The van der Waals surface area contributed by atoms with Gasteiger partial charge in [-0.05, 0) is 17.7 Å². The quantitative estimate of drug-likeness (QED) is 0.424. The number of nitro benzene ring substituents is 1. The second-order valence-corrected chi connectivity index (χ2v) is 8.56. The van der Waals surface area contributed by atoms with Crippen molar-refractivity contribution in [1.29, 1.82) is 0 Å². The van der Waals surface area contributed by atoms with Crippen LogP contribution < -0.4 is 0 Å². The lowest BCUT2D eigenvalue weighted by Gasteiger charge is -2.36. The van der Waals surface area contributed by atoms with Crippen LogP contribution in [0.25, 0.3) is 0 Å². The smallest absolute Gasteiger partial charge is 0.269 e. The molecule has 172 valence electrons. The molecule has 3 amide bonds. The van der Waals surface area contributed by atoms with Gasteiger partial charge in [-0.1, -0.05) is 30.3 Å². The number of aromatic hydroxyl groups is 1. The fourth-order valence-corrected chi connectivity index (χ4v) is 5.16. The first-order valence-corrected chi connectivity index (χ1v) is 10.7. The summed E-state index contributed by atoms with van der Waals surface area (Å²) in [4.78, 5) is 50.6. The van der Waals surface area contributed by atoms with E-state index in [9.17, 15) is 29.6 Å². The van der Waals surface area contributed by atoms with Crippen LogP contribution >= 0.6 is 0 Å². The average molecular weight is 460 g/mol. The molecular formula is C24H20N4O6. The molecule has 2 aromatic carbocycles. The van der Waals surface area contributed by atoms with Crippen LogP contribution in [-0.2, 0) is 14.4 Å². The summed E-state index contributed by atoms with van der Waals surface area (Å²) in [5.74, 6) is -3.50. The van der Waals surface area contributed by atoms with Crippen molar-refractivity contribution in [2.45, 2.75) is 18.9 Å². The van der Waals surface area contributed by atoms with Crippen LogP contribution in [0.15, 0.2) is 65.3 Å². The number of non-ortho nitro benzene ring substituents is 1. The van der Waals surface area contributed by atoms with Gasteiger partial charge in [0.15, 0.2) is 0 Å². The topological polar surface area (TPSA) is 133 Å². The third kappa shape index (κ3) is 3.02. The Balaban J connectivity index is 1.71. The summed E-state index contributed by atoms with van der Waals surface area (Å²) >= 11 is 0. The Morgan fingerprint density at radius 1 is 1.06 bits per heavy atom. The third-order valence-electron chi connectivity index (χ3n) is 6.74. The van der Waals surface area contributed by atoms with E-state index in [2.05, 4.69) is 5.10 Å². The van der Waals surface area contributed by atoms with E-state index >= 15 is 0 Å². The SMILES string of the molecule is CC(=O)N1N=C(c2ccccc2O)C2=C[C@H](c3ccc([N+](=O)[O-])cc3)[C@@H]3C(=O)N(C)C(=O)[C@@H]3[C@@H]21. The van der Waals surface area contributed by atoms with Crippen LogP contribution in [0.3, 0.4) is 0 Å². The number of benzene rings is 2. The number of likely N-dealkylation sites (tertiary alicyclic amines) is 1. The maximum absolute atomic E-state index is 13.2. The number of nitro groups is 1. The highest BCUT2D eigenvalue weighted by Gasteiger charge is 2.59. The highest BCUT2D eigenvalue weighted by atomic mass is 16.6. The monoisotopic (exact) mass is 460 g/mol. The van der Waals surface area contributed by atoms with Crippen molar-refractivity contribution < 1.29 is 24.4 Å². The Bertz CT molecular complexity index is 1310. The number of rotatable bonds is 3. The van der Waals surface area contributed by atoms with Crippen LogP contribution in [0.5, 0.6) is 5.75 Å². The van der Waals surface area contributed by atoms with Crippen LogP contribution in [0, 0.1) is 22.0 Å². The zero-order valence-electron chi connectivity index (χ0n) is 18.3. The second-order valence-electron chi connectivity index (χ2n) is 8.56. The first-order valence-electron chi connectivity index (χ1n) is 10.7. The molecule has 1 saturated heterocycles. The van der Waals surface area contributed by atoms with Crippen molar-refractivity contribution >= 4 is 29.1 Å². The summed E-state index contributed by atoms with van der Waals surface area (Å²) in [5.41, 5.74) is 1.83. The molecule has 3 aliphatic rings. The Kier molecular flexibility index (Phi) is 4.82. The van der Waals surface area contributed by atoms with E-state index in [1.165, 1.54) is 37.2 Å². The van der Waals surface area contributed by atoms with Gasteiger partial charge in [0.05, 0.1) is 28.5 Å². The molecule has 0 radical (unpaired) electrons. The fourth-order valence-electron chi connectivity index (χ4n) is 5.16. The lowest BCUT2D eigenvalue weighted by Crippen LogP contribution is -2.47. The molecule has 5 rings (SSSR count). The Hall–Kier alpha value is -4.34. The van der Waals surface area contributed by atoms with Crippen molar-refractivity contribution in [2.75, 3.05) is 7.05 Å². The number of fused-ring (bicyclic) bond motifs is 3. The number of amides is 3. The van der Waals surface area contributed by atoms with Crippen molar-refractivity contribution in [1.82, 2.24) is 9.91 Å². The van der Waals surface area contributed by atoms with Gasteiger partial charge in [0.25, 0.3) is 5.69 Å². The van der Waals surface area contributed by atoms with E-state index in [-0.39, 0.29) is 17.3 Å². The standard InChI is InChI=1S/C24H20N4O6/c1-12(29)27-22-17(21(25-27)15-5-3-4-6-18(15)30)11-16(13-7-9-14(10-8-13)28(33)34)19-20(22)24(32)26(2)23(19)31/h3-11,16,19-20,22,30H,1-2H3/t16-,19+,20+,22-/m1/s1. The highest BCUT2D eigenvalue weighted by molar-refractivity contribution is 6.18. The van der Waals surface area contributed by atoms with Crippen molar-refractivity contribution in [2.24, 2.45) is 16.9 Å². The molecule has 0 aromatic heterocycles. The minimum atomic E-state index is -0.881. The number of imide groups is 1. The zero-order valence-corrected chi connectivity index (χ0v) is 18.3. The van der Waals surface area contributed by atoms with Crippen LogP contribution in [0.2, 0.25) is 0 Å². The number of hydrazone groups is 1. The first kappa shape index (κ1) is 21.5. The minimum Gasteiger partial charge on any atom is -0.507 e. The predicted molar refractivity (Wildman–Crippen MR) is 120 cm³/mol. The summed E-state index contributed by atoms with van der Waals surface area (Å²) in [6.45, 7) is 1.33. The van der Waals surface area contributed by atoms with Gasteiger partial charge >= 0.3 is 0 Å². The molecule has 2 aliphatic heterocycles. The summed E-state index contributed by atoms with van der Waals surface area (Å²) in [6, 6.07) is 11.6. The van der Waals surface area contributed by atoms with Crippen LogP contribution in [0.1, 0.15) is 24.0 Å². The molecule has 0 spiro atoms. The summed E-state index contributed by atoms with van der Waals surface area (Å²) in [5, 5.41) is 27.3. The summed E-state index contributed by atoms with van der Waals surface area (Å²) in [6.07, 6.45) is 1.80. The van der Waals surface area contributed by atoms with Gasteiger partial charge < -0.3 is 5.11 Å². The van der Waals surface area contributed by atoms with E-state index in [0.29, 0.717) is 22.4 Å². The van der Waals surface area contributed by atoms with Gasteiger partial charge in [0.2, 0.25) is 17.7 Å². The van der Waals surface area contributed by atoms with Crippen LogP contribution in [-0.4, -0.2) is 56.5 Å². The molecule has 1 N–H and O–H groups in total. The maximum atomic E-state index is 13.2. The van der Waals surface area contributed by atoms with E-state index < -0.39 is 40.5 Å². The molecule has 10 nitrogen and oxygen atoms in total. The molecule has 10 heteroatoms. The van der Waals surface area contributed by atoms with Gasteiger partial charge in [-0.25, -0.2) is 5.01 Å². The molecule has 4 atom stereocenters. The van der Waals surface area contributed by atoms with Gasteiger partial charge in [-0.2, -0.15) is 5.10 Å². The van der Waals surface area contributed by atoms with Gasteiger partial charge in [-0.3, -0.25) is 29.4 Å². The van der Waals surface area contributed by atoms with E-state index in [0.717, 1.165) is 4.90 Å². The van der Waals surface area contributed by atoms with Gasteiger partial charge in [-0.15, -0.1) is 0 Å². The molecule has 1 aliphatic carbocycles. The predicted octanol–water partition coefficient (Wildman–Crippen LogP) is 2.19. The van der Waals surface area contributed by atoms with E-state index in [1.54, 1.807) is 36.4 Å². The average Bonchev–Trinajstić information content (AvgIpc) is 3.30. The summed E-state index contributed by atoms with van der Waals surface area (Å²) < 4.78 is 0. The molecule has 0 saturated carbocycles. The molecule has 0 bridgehead atoms. The zero-order chi connectivity index (χ0) is 24.3. The lowest BCUT2D eigenvalue weighted by molar-refractivity contribution is -0.384. The first-order chi connectivity index (χ1) is 16.2. The van der Waals surface area contributed by atoms with Crippen LogP contribution in [0.4, 0.5) is 5.69 Å². The fraction of sp³-hybridized carbons (Fsp3) is 0.250. The molecule has 0 unspecified atom stereocenters.